The molecule has 0 radical (unpaired) electrons. The summed E-state index contributed by atoms with van der Waals surface area (Å²) in [4.78, 5) is 11.0. The second-order valence-corrected chi connectivity index (χ2v) is 6.23. The van der Waals surface area contributed by atoms with Gasteiger partial charge in [0.25, 0.3) is 5.91 Å². The number of amides is 1. The summed E-state index contributed by atoms with van der Waals surface area (Å²) in [5.74, 6) is -4.59. The third-order valence-corrected chi connectivity index (χ3v) is 3.93. The van der Waals surface area contributed by atoms with Crippen LogP contribution in [0.2, 0.25) is 0 Å². The Morgan fingerprint density at radius 1 is 1.09 bits per heavy atom. The molecule has 2 rings (SSSR count). The summed E-state index contributed by atoms with van der Waals surface area (Å²) < 4.78 is 63.4. The number of aryl methyl sites for hydroxylation is 1. The largest absolute Gasteiger partial charge is 0.322 e. The Balaban J connectivity index is 2.45. The third-order valence-electron chi connectivity index (χ3n) is 3.01. The number of rotatable bonds is 3. The minimum atomic E-state index is -4.46. The van der Waals surface area contributed by atoms with Gasteiger partial charge in [0.15, 0.2) is 5.82 Å². The lowest BCUT2D eigenvalue weighted by atomic mass is 10.1. The average Bonchev–Trinajstić information content (AvgIpc) is 2.41. The highest BCUT2D eigenvalue weighted by molar-refractivity contribution is 7.89. The minimum Gasteiger partial charge on any atom is -0.322 e. The summed E-state index contributed by atoms with van der Waals surface area (Å²) in [7, 11) is -4.46. The van der Waals surface area contributed by atoms with E-state index in [1.807, 2.05) is 0 Å². The molecule has 0 saturated heterocycles. The van der Waals surface area contributed by atoms with Crippen LogP contribution >= 0.6 is 0 Å². The van der Waals surface area contributed by atoms with Gasteiger partial charge in [0, 0.05) is 5.69 Å². The molecule has 0 saturated carbocycles. The molecule has 0 heterocycles. The van der Waals surface area contributed by atoms with Gasteiger partial charge in [0.1, 0.15) is 22.1 Å². The molecule has 9 heteroatoms. The van der Waals surface area contributed by atoms with Gasteiger partial charge in [-0.25, -0.2) is 26.7 Å². The number of hydrogen-bond acceptors (Lipinski definition) is 3. The van der Waals surface area contributed by atoms with Gasteiger partial charge < -0.3 is 5.32 Å². The topological polar surface area (TPSA) is 89.3 Å². The Bertz CT molecular complexity index is 898. The number of hydrogen-bond donors (Lipinski definition) is 2. The van der Waals surface area contributed by atoms with Crippen molar-refractivity contribution < 1.29 is 26.4 Å². The second-order valence-electron chi connectivity index (χ2n) is 4.70. The molecule has 0 aromatic heterocycles. The van der Waals surface area contributed by atoms with Crippen molar-refractivity contribution >= 4 is 21.6 Å². The summed E-state index contributed by atoms with van der Waals surface area (Å²) in [6, 6.07) is 4.76. The van der Waals surface area contributed by atoms with E-state index in [4.69, 9.17) is 5.14 Å². The van der Waals surface area contributed by atoms with Crippen molar-refractivity contribution in [3.8, 4) is 0 Å². The average molecular weight is 344 g/mol. The van der Waals surface area contributed by atoms with E-state index in [-0.39, 0.29) is 11.3 Å². The van der Waals surface area contributed by atoms with E-state index in [0.717, 1.165) is 6.07 Å². The molecule has 0 aliphatic rings. The van der Waals surface area contributed by atoms with Crippen molar-refractivity contribution in [3.63, 3.8) is 0 Å². The first-order valence-electron chi connectivity index (χ1n) is 6.19. The van der Waals surface area contributed by atoms with Crippen LogP contribution in [-0.4, -0.2) is 14.3 Å². The molecule has 122 valence electrons. The molecular formula is C14H11F3N2O3S. The molecule has 0 spiro atoms. The van der Waals surface area contributed by atoms with Crippen LogP contribution in [0.25, 0.3) is 0 Å². The van der Waals surface area contributed by atoms with Crippen LogP contribution < -0.4 is 10.5 Å². The summed E-state index contributed by atoms with van der Waals surface area (Å²) in [6.07, 6.45) is 0. The van der Waals surface area contributed by atoms with E-state index in [9.17, 15) is 26.4 Å². The van der Waals surface area contributed by atoms with Gasteiger partial charge in [-0.2, -0.15) is 0 Å². The third kappa shape index (κ3) is 3.51. The van der Waals surface area contributed by atoms with Gasteiger partial charge in [0.05, 0.1) is 0 Å². The fourth-order valence-corrected chi connectivity index (χ4v) is 2.49. The number of nitrogens with one attached hydrogen (secondary N) is 1. The molecule has 0 aliphatic heterocycles. The standard InChI is InChI=1S/C14H11F3N2O3S/c1-7-6-8(2-3-9(7)15)19-14(20)12-10(16)4-5-11(13(12)17)23(18,21)22/h2-6H,1H3,(H,19,20)(H2,18,21,22). The van der Waals surface area contributed by atoms with Crippen molar-refractivity contribution in [1.29, 1.82) is 0 Å². The molecule has 5 nitrogen and oxygen atoms in total. The Labute approximate surface area is 130 Å². The van der Waals surface area contributed by atoms with Gasteiger partial charge in [-0.3, -0.25) is 4.79 Å². The van der Waals surface area contributed by atoms with E-state index in [0.29, 0.717) is 12.1 Å². The Morgan fingerprint density at radius 2 is 1.70 bits per heavy atom. The van der Waals surface area contributed by atoms with Crippen LogP contribution in [-0.2, 0) is 10.0 Å². The predicted molar refractivity (Wildman–Crippen MR) is 76.8 cm³/mol. The van der Waals surface area contributed by atoms with E-state index in [1.165, 1.54) is 19.1 Å². The molecule has 1 amide bonds. The number of sulfonamides is 1. The molecule has 0 fully saturated rings. The Hall–Kier alpha value is -2.39. The van der Waals surface area contributed by atoms with Crippen molar-refractivity contribution in [2.45, 2.75) is 11.8 Å². The van der Waals surface area contributed by atoms with Gasteiger partial charge >= 0.3 is 0 Å². The number of anilines is 1. The second kappa shape index (κ2) is 6.01. The van der Waals surface area contributed by atoms with Crippen LogP contribution in [0.3, 0.4) is 0 Å². The summed E-state index contributed by atoms with van der Waals surface area (Å²) in [5.41, 5.74) is -0.797. The van der Waals surface area contributed by atoms with E-state index < -0.39 is 43.8 Å². The van der Waals surface area contributed by atoms with E-state index in [2.05, 4.69) is 5.32 Å². The van der Waals surface area contributed by atoms with E-state index >= 15 is 0 Å². The lowest BCUT2D eigenvalue weighted by molar-refractivity contribution is 0.101. The van der Waals surface area contributed by atoms with Crippen molar-refractivity contribution in [3.05, 3.63) is 58.9 Å². The molecule has 0 aliphatic carbocycles. The molecule has 0 unspecified atom stereocenters. The summed E-state index contributed by atoms with van der Waals surface area (Å²) in [6.45, 7) is 1.44. The number of carbonyl (C=O) groups excluding carboxylic acids is 1. The molecule has 0 bridgehead atoms. The van der Waals surface area contributed by atoms with Crippen molar-refractivity contribution in [2.24, 2.45) is 5.14 Å². The molecule has 3 N–H and O–H groups in total. The van der Waals surface area contributed by atoms with Crippen molar-refractivity contribution in [1.82, 2.24) is 0 Å². The van der Waals surface area contributed by atoms with Gasteiger partial charge in [-0.05, 0) is 42.8 Å². The van der Waals surface area contributed by atoms with Crippen LogP contribution in [0, 0.1) is 24.4 Å². The maximum absolute atomic E-state index is 14.1. The van der Waals surface area contributed by atoms with Crippen LogP contribution in [0.4, 0.5) is 18.9 Å². The molecule has 2 aromatic carbocycles. The zero-order valence-electron chi connectivity index (χ0n) is 11.7. The number of nitrogens with two attached hydrogens (primary N) is 1. The number of benzene rings is 2. The number of carbonyl (C=O) groups is 1. The lowest BCUT2D eigenvalue weighted by Crippen LogP contribution is -2.20. The maximum Gasteiger partial charge on any atom is 0.261 e. The first-order chi connectivity index (χ1) is 10.6. The van der Waals surface area contributed by atoms with Crippen LogP contribution in [0.5, 0.6) is 0 Å². The van der Waals surface area contributed by atoms with Crippen LogP contribution in [0.15, 0.2) is 35.2 Å². The van der Waals surface area contributed by atoms with Gasteiger partial charge in [-0.15, -0.1) is 0 Å². The minimum absolute atomic E-state index is 0.0914. The fraction of sp³-hybridized carbons (Fsp3) is 0.0714. The van der Waals surface area contributed by atoms with Crippen LogP contribution in [0.1, 0.15) is 15.9 Å². The number of halogens is 3. The number of primary sulfonamides is 1. The monoisotopic (exact) mass is 344 g/mol. The smallest absolute Gasteiger partial charge is 0.261 e. The summed E-state index contributed by atoms with van der Waals surface area (Å²) >= 11 is 0. The lowest BCUT2D eigenvalue weighted by Gasteiger charge is -2.10. The predicted octanol–water partition coefficient (Wildman–Crippen LogP) is 2.31. The highest BCUT2D eigenvalue weighted by Crippen LogP contribution is 2.22. The first kappa shape index (κ1) is 17.0. The highest BCUT2D eigenvalue weighted by atomic mass is 32.2. The van der Waals surface area contributed by atoms with Gasteiger partial charge in [-0.1, -0.05) is 0 Å². The quantitative estimate of drug-likeness (QED) is 0.895. The Kier molecular flexibility index (Phi) is 4.44. The SMILES string of the molecule is Cc1cc(NC(=O)c2c(F)ccc(S(N)(=O)=O)c2F)ccc1F. The van der Waals surface area contributed by atoms with Gasteiger partial charge in [0.2, 0.25) is 10.0 Å². The molecule has 0 atom stereocenters. The fourth-order valence-electron chi connectivity index (χ4n) is 1.88. The molecule has 23 heavy (non-hydrogen) atoms. The van der Waals surface area contributed by atoms with E-state index in [1.54, 1.807) is 0 Å². The first-order valence-corrected chi connectivity index (χ1v) is 7.74. The normalized spacial score (nSPS) is 11.3. The van der Waals surface area contributed by atoms with Crippen molar-refractivity contribution in [2.75, 3.05) is 5.32 Å². The zero-order chi connectivity index (χ0) is 17.4. The Morgan fingerprint density at radius 3 is 2.26 bits per heavy atom. The highest BCUT2D eigenvalue weighted by Gasteiger charge is 2.25. The zero-order valence-corrected chi connectivity index (χ0v) is 12.5. The summed E-state index contributed by atoms with van der Waals surface area (Å²) in [5, 5.41) is 6.97. The molecular weight excluding hydrogens is 333 g/mol. The maximum atomic E-state index is 14.1. The molecule has 2 aromatic rings.